The van der Waals surface area contributed by atoms with Crippen LogP contribution in [0.5, 0.6) is 0 Å². The van der Waals surface area contributed by atoms with Crippen LogP contribution in [0, 0.1) is 5.92 Å². The van der Waals surface area contributed by atoms with Gasteiger partial charge in [0.1, 0.15) is 0 Å². The van der Waals surface area contributed by atoms with Gasteiger partial charge in [0, 0.05) is 25.3 Å². The van der Waals surface area contributed by atoms with E-state index in [9.17, 15) is 4.79 Å². The average molecular weight is 286 g/mol. The number of rotatable bonds is 3. The van der Waals surface area contributed by atoms with Gasteiger partial charge in [-0.3, -0.25) is 9.36 Å². The fraction of sp³-hybridized carbons (Fsp3) is 0.562. The highest BCUT2D eigenvalue weighted by Gasteiger charge is 2.22. The summed E-state index contributed by atoms with van der Waals surface area (Å²) in [5, 5.41) is 0.608. The van der Waals surface area contributed by atoms with Crippen molar-refractivity contribution in [1.82, 2.24) is 19.4 Å². The Morgan fingerprint density at radius 3 is 3.05 bits per heavy atom. The summed E-state index contributed by atoms with van der Waals surface area (Å²) in [6, 6.07) is 4.16. The van der Waals surface area contributed by atoms with Crippen molar-refractivity contribution in [2.45, 2.75) is 39.3 Å². The molecule has 3 rings (SSSR count). The molecule has 21 heavy (non-hydrogen) atoms. The SMILES string of the molecule is CC(C)N1CCCC(Cn2cnc3ncccc3c2=O)C1. The van der Waals surface area contributed by atoms with E-state index in [1.54, 1.807) is 29.2 Å². The summed E-state index contributed by atoms with van der Waals surface area (Å²) in [5.41, 5.74) is 0.556. The van der Waals surface area contributed by atoms with Crippen LogP contribution in [0.4, 0.5) is 0 Å². The number of aromatic nitrogens is 3. The molecule has 2 aromatic rings. The molecule has 1 unspecified atom stereocenters. The molecule has 112 valence electrons. The average Bonchev–Trinajstić information content (AvgIpc) is 2.51. The predicted octanol–water partition coefficient (Wildman–Crippen LogP) is 1.91. The maximum absolute atomic E-state index is 12.5. The maximum atomic E-state index is 12.5. The zero-order valence-corrected chi connectivity index (χ0v) is 12.7. The number of pyridine rings is 1. The van der Waals surface area contributed by atoms with E-state index in [1.807, 2.05) is 0 Å². The molecular formula is C16H22N4O. The molecule has 2 aromatic heterocycles. The van der Waals surface area contributed by atoms with Gasteiger partial charge in [-0.15, -0.1) is 0 Å². The van der Waals surface area contributed by atoms with Crippen LogP contribution in [-0.2, 0) is 6.54 Å². The molecular weight excluding hydrogens is 264 g/mol. The molecule has 5 nitrogen and oxygen atoms in total. The molecule has 0 spiro atoms. The van der Waals surface area contributed by atoms with Gasteiger partial charge in [-0.05, 0) is 51.3 Å². The van der Waals surface area contributed by atoms with Gasteiger partial charge in [0.05, 0.1) is 11.7 Å². The molecule has 1 aliphatic heterocycles. The molecule has 0 radical (unpaired) electrons. The van der Waals surface area contributed by atoms with Gasteiger partial charge in [0.25, 0.3) is 5.56 Å². The molecule has 0 bridgehead atoms. The van der Waals surface area contributed by atoms with Gasteiger partial charge in [-0.1, -0.05) is 0 Å². The summed E-state index contributed by atoms with van der Waals surface area (Å²) in [4.78, 5) is 23.4. The first kappa shape index (κ1) is 14.2. The molecule has 0 aromatic carbocycles. The second-order valence-corrected chi connectivity index (χ2v) is 6.17. The summed E-state index contributed by atoms with van der Waals surface area (Å²) in [6.07, 6.45) is 5.70. The summed E-state index contributed by atoms with van der Waals surface area (Å²) >= 11 is 0. The highest BCUT2D eigenvalue weighted by Crippen LogP contribution is 2.19. The minimum atomic E-state index is 0.0229. The maximum Gasteiger partial charge on any atom is 0.262 e. The fourth-order valence-corrected chi connectivity index (χ4v) is 3.12. The standard InChI is InChI=1S/C16H22N4O/c1-12(2)19-8-4-5-13(9-19)10-20-11-18-15-14(16(20)21)6-3-7-17-15/h3,6-7,11-13H,4-5,8-10H2,1-2H3. The number of nitrogens with zero attached hydrogens (tertiary/aromatic N) is 4. The van der Waals surface area contributed by atoms with Crippen LogP contribution in [0.2, 0.25) is 0 Å². The van der Waals surface area contributed by atoms with E-state index in [0.29, 0.717) is 23.0 Å². The van der Waals surface area contributed by atoms with Gasteiger partial charge < -0.3 is 4.90 Å². The van der Waals surface area contributed by atoms with Crippen molar-refractivity contribution in [2.75, 3.05) is 13.1 Å². The lowest BCUT2D eigenvalue weighted by Gasteiger charge is -2.35. The molecule has 1 saturated heterocycles. The summed E-state index contributed by atoms with van der Waals surface area (Å²) in [5.74, 6) is 0.523. The molecule has 5 heteroatoms. The molecule has 1 aliphatic rings. The molecule has 0 N–H and O–H groups in total. The van der Waals surface area contributed by atoms with Crippen LogP contribution in [0.1, 0.15) is 26.7 Å². The summed E-state index contributed by atoms with van der Waals surface area (Å²) in [7, 11) is 0. The van der Waals surface area contributed by atoms with E-state index in [1.165, 1.54) is 19.4 Å². The van der Waals surface area contributed by atoms with E-state index in [2.05, 4.69) is 28.7 Å². The van der Waals surface area contributed by atoms with Crippen molar-refractivity contribution >= 4 is 11.0 Å². The van der Waals surface area contributed by atoms with Crippen LogP contribution >= 0.6 is 0 Å². The van der Waals surface area contributed by atoms with Crippen molar-refractivity contribution in [1.29, 1.82) is 0 Å². The Morgan fingerprint density at radius 2 is 2.24 bits per heavy atom. The lowest BCUT2D eigenvalue weighted by Crippen LogP contribution is -2.42. The lowest BCUT2D eigenvalue weighted by molar-refractivity contribution is 0.130. The van der Waals surface area contributed by atoms with E-state index in [-0.39, 0.29) is 5.56 Å². The quantitative estimate of drug-likeness (QED) is 0.865. The third kappa shape index (κ3) is 2.97. The normalized spacial score (nSPS) is 20.2. The highest BCUT2D eigenvalue weighted by molar-refractivity contribution is 5.72. The predicted molar refractivity (Wildman–Crippen MR) is 83.2 cm³/mol. The number of piperidine rings is 1. The Kier molecular flexibility index (Phi) is 4.01. The van der Waals surface area contributed by atoms with Crippen molar-refractivity contribution in [3.63, 3.8) is 0 Å². The first-order valence-electron chi connectivity index (χ1n) is 7.69. The van der Waals surface area contributed by atoms with Crippen LogP contribution in [0.3, 0.4) is 0 Å². The van der Waals surface area contributed by atoms with Crippen molar-refractivity contribution in [3.05, 3.63) is 35.0 Å². The molecule has 1 atom stereocenters. The van der Waals surface area contributed by atoms with Crippen molar-refractivity contribution < 1.29 is 0 Å². The molecule has 0 saturated carbocycles. The highest BCUT2D eigenvalue weighted by atomic mass is 16.1. The summed E-state index contributed by atoms with van der Waals surface area (Å²) < 4.78 is 1.75. The zero-order chi connectivity index (χ0) is 14.8. The van der Waals surface area contributed by atoms with E-state index in [4.69, 9.17) is 0 Å². The molecule has 3 heterocycles. The van der Waals surface area contributed by atoms with Gasteiger partial charge in [-0.2, -0.15) is 0 Å². The summed E-state index contributed by atoms with van der Waals surface area (Å²) in [6.45, 7) is 7.45. The third-order valence-electron chi connectivity index (χ3n) is 4.33. The van der Waals surface area contributed by atoms with E-state index in [0.717, 1.165) is 13.1 Å². The first-order valence-corrected chi connectivity index (χ1v) is 7.69. The Labute approximate surface area is 124 Å². The van der Waals surface area contributed by atoms with Crippen LogP contribution in [0.15, 0.2) is 29.5 Å². The number of fused-ring (bicyclic) bond motifs is 1. The molecule has 1 fully saturated rings. The Balaban J connectivity index is 1.82. The minimum Gasteiger partial charge on any atom is -0.301 e. The minimum absolute atomic E-state index is 0.0229. The van der Waals surface area contributed by atoms with Crippen molar-refractivity contribution in [3.8, 4) is 0 Å². The van der Waals surface area contributed by atoms with Gasteiger partial charge in [0.15, 0.2) is 5.65 Å². The van der Waals surface area contributed by atoms with E-state index >= 15 is 0 Å². The monoisotopic (exact) mass is 286 g/mol. The van der Waals surface area contributed by atoms with Gasteiger partial charge >= 0.3 is 0 Å². The Morgan fingerprint density at radius 1 is 1.38 bits per heavy atom. The topological polar surface area (TPSA) is 51.0 Å². The Bertz CT molecular complexity index is 679. The number of likely N-dealkylation sites (tertiary alicyclic amines) is 1. The van der Waals surface area contributed by atoms with Crippen LogP contribution in [-0.4, -0.2) is 38.6 Å². The van der Waals surface area contributed by atoms with Gasteiger partial charge in [0.2, 0.25) is 0 Å². The largest absolute Gasteiger partial charge is 0.301 e. The smallest absolute Gasteiger partial charge is 0.262 e. The fourth-order valence-electron chi connectivity index (χ4n) is 3.12. The zero-order valence-electron chi connectivity index (χ0n) is 12.7. The number of hydrogen-bond acceptors (Lipinski definition) is 4. The molecule has 0 amide bonds. The molecule has 0 aliphatic carbocycles. The second kappa shape index (κ2) is 5.93. The number of hydrogen-bond donors (Lipinski definition) is 0. The van der Waals surface area contributed by atoms with Gasteiger partial charge in [-0.25, -0.2) is 9.97 Å². The van der Waals surface area contributed by atoms with Crippen molar-refractivity contribution in [2.24, 2.45) is 5.92 Å². The van der Waals surface area contributed by atoms with E-state index < -0.39 is 0 Å². The third-order valence-corrected chi connectivity index (χ3v) is 4.33. The lowest BCUT2D eigenvalue weighted by atomic mass is 9.97. The second-order valence-electron chi connectivity index (χ2n) is 6.17. The van der Waals surface area contributed by atoms with Crippen LogP contribution in [0.25, 0.3) is 11.0 Å². The Hall–Kier alpha value is -1.75. The first-order chi connectivity index (χ1) is 10.1. The van der Waals surface area contributed by atoms with Crippen LogP contribution < -0.4 is 5.56 Å².